The highest BCUT2D eigenvalue weighted by molar-refractivity contribution is 5.64. The summed E-state index contributed by atoms with van der Waals surface area (Å²) >= 11 is 0. The molecule has 2 aliphatic carbocycles. The number of nitrogens with two attached hydrogens (primary N) is 1. The summed E-state index contributed by atoms with van der Waals surface area (Å²) in [4.78, 5) is 4.00. The molecule has 140 valence electrons. The van der Waals surface area contributed by atoms with E-state index in [1.54, 1.807) is 6.20 Å². The first-order valence-electron chi connectivity index (χ1n) is 9.22. The Hall–Kier alpha value is -2.18. The number of nitrogen functional groups attached to an aromatic ring is 1. The molecule has 0 aromatic carbocycles. The van der Waals surface area contributed by atoms with Crippen LogP contribution in [0, 0.1) is 11.8 Å². The second kappa shape index (κ2) is 6.52. The molecule has 2 bridgehead atoms. The molecule has 2 aliphatic rings. The Morgan fingerprint density at radius 1 is 1.23 bits per heavy atom. The minimum atomic E-state index is -2.94. The molecule has 3 atom stereocenters. The van der Waals surface area contributed by atoms with Crippen LogP contribution in [0.5, 0.6) is 5.75 Å². The maximum absolute atomic E-state index is 12.6. The Morgan fingerprint density at radius 2 is 2.04 bits per heavy atom. The number of hydrogen-bond acceptors (Lipinski definition) is 4. The van der Waals surface area contributed by atoms with Crippen LogP contribution >= 0.6 is 0 Å². The molecule has 1 unspecified atom stereocenters. The van der Waals surface area contributed by atoms with E-state index in [4.69, 9.17) is 10.8 Å². The van der Waals surface area contributed by atoms with Crippen molar-refractivity contribution >= 4 is 5.82 Å². The summed E-state index contributed by atoms with van der Waals surface area (Å²) in [5.41, 5.74) is 8.25. The topological polar surface area (TPSA) is 66.0 Å². The molecular weight excluding hydrogens is 338 g/mol. The van der Waals surface area contributed by atoms with E-state index in [1.807, 2.05) is 0 Å². The Labute approximate surface area is 151 Å². The smallest absolute Gasteiger partial charge is 0.387 e. The third-order valence-electron chi connectivity index (χ3n) is 5.77. The van der Waals surface area contributed by atoms with Gasteiger partial charge in [-0.3, -0.25) is 4.68 Å². The van der Waals surface area contributed by atoms with Crippen molar-refractivity contribution < 1.29 is 13.5 Å². The molecule has 26 heavy (non-hydrogen) atoms. The van der Waals surface area contributed by atoms with Crippen LogP contribution in [0.2, 0.25) is 0 Å². The molecule has 2 aromatic heterocycles. The average Bonchev–Trinajstić information content (AvgIpc) is 3.30. The number of anilines is 1. The molecule has 7 heteroatoms. The van der Waals surface area contributed by atoms with Gasteiger partial charge in [-0.15, -0.1) is 0 Å². The maximum Gasteiger partial charge on any atom is 0.387 e. The van der Waals surface area contributed by atoms with Crippen molar-refractivity contribution in [3.8, 4) is 17.0 Å². The lowest BCUT2D eigenvalue weighted by Gasteiger charge is -2.23. The van der Waals surface area contributed by atoms with E-state index in [1.165, 1.54) is 37.4 Å². The zero-order valence-electron chi connectivity index (χ0n) is 15.0. The number of aromatic nitrogens is 3. The lowest BCUT2D eigenvalue weighted by atomic mass is 9.86. The zero-order chi connectivity index (χ0) is 18.4. The predicted octanol–water partition coefficient (Wildman–Crippen LogP) is 4.61. The number of hydrogen-bond donors (Lipinski definition) is 1. The number of pyridine rings is 1. The Balaban J connectivity index is 1.70. The molecule has 0 radical (unpaired) electrons. The van der Waals surface area contributed by atoms with E-state index in [9.17, 15) is 8.78 Å². The summed E-state index contributed by atoms with van der Waals surface area (Å²) in [6.07, 6.45) is 6.75. The summed E-state index contributed by atoms with van der Waals surface area (Å²) in [5, 5.41) is 4.75. The van der Waals surface area contributed by atoms with Gasteiger partial charge in [-0.05, 0) is 57.1 Å². The molecule has 5 nitrogen and oxygen atoms in total. The number of ether oxygens (including phenoxy) is 1. The lowest BCUT2D eigenvalue weighted by Crippen LogP contribution is -2.15. The molecule has 2 fully saturated rings. The van der Waals surface area contributed by atoms with Crippen molar-refractivity contribution in [2.75, 3.05) is 5.73 Å². The van der Waals surface area contributed by atoms with Gasteiger partial charge in [0, 0.05) is 29.4 Å². The van der Waals surface area contributed by atoms with Crippen molar-refractivity contribution in [2.24, 2.45) is 11.8 Å². The van der Waals surface area contributed by atoms with E-state index >= 15 is 0 Å². The van der Waals surface area contributed by atoms with E-state index in [2.05, 4.69) is 34.3 Å². The van der Waals surface area contributed by atoms with E-state index in [0.717, 1.165) is 17.5 Å². The largest absolute Gasteiger partial charge is 0.431 e. The second-order valence-electron chi connectivity index (χ2n) is 7.76. The Morgan fingerprint density at radius 3 is 2.65 bits per heavy atom. The zero-order valence-corrected chi connectivity index (χ0v) is 15.0. The van der Waals surface area contributed by atoms with Crippen LogP contribution in [0.3, 0.4) is 0 Å². The number of halogens is 2. The standard InChI is InChI=1S/C19H24F2N4O/c1-10(2)25-16(14-6-11-3-4-12(14)5-11)8-15(24-25)13-7-17(26-19(20)21)18(22)23-9-13/h7-12,14,19H,3-6H2,1-2H3,(H2,22,23)/t11?,12-,14-/m1/s1. The normalized spacial score (nSPS) is 24.8. The highest BCUT2D eigenvalue weighted by Crippen LogP contribution is 2.53. The molecule has 2 saturated carbocycles. The molecule has 4 rings (SSSR count). The highest BCUT2D eigenvalue weighted by Gasteiger charge is 2.42. The quantitative estimate of drug-likeness (QED) is 0.843. The van der Waals surface area contributed by atoms with E-state index in [0.29, 0.717) is 11.5 Å². The molecular formula is C19H24F2N4O. The summed E-state index contributed by atoms with van der Waals surface area (Å²) in [5.74, 6) is 1.96. The Kier molecular flexibility index (Phi) is 4.32. The molecule has 2 heterocycles. The highest BCUT2D eigenvalue weighted by atomic mass is 19.3. The average molecular weight is 362 g/mol. The van der Waals surface area contributed by atoms with Crippen molar-refractivity contribution in [3.05, 3.63) is 24.0 Å². The number of alkyl halides is 2. The molecule has 2 aromatic rings. The monoisotopic (exact) mass is 362 g/mol. The SMILES string of the molecule is CC(C)n1nc(-c2cnc(N)c(OC(F)F)c2)cc1[C@@H]1CC2CC[C@@H]1C2. The first kappa shape index (κ1) is 17.2. The fraction of sp³-hybridized carbons (Fsp3) is 0.579. The minimum absolute atomic E-state index is 0.0503. The molecule has 0 aliphatic heterocycles. The van der Waals surface area contributed by atoms with Crippen LogP contribution in [0.4, 0.5) is 14.6 Å². The first-order valence-corrected chi connectivity index (χ1v) is 9.22. The molecule has 0 amide bonds. The van der Waals surface area contributed by atoms with Crippen LogP contribution in [0.1, 0.15) is 57.2 Å². The van der Waals surface area contributed by atoms with Gasteiger partial charge < -0.3 is 10.5 Å². The number of fused-ring (bicyclic) bond motifs is 2. The fourth-order valence-electron chi connectivity index (χ4n) is 4.63. The van der Waals surface area contributed by atoms with Gasteiger partial charge in [-0.2, -0.15) is 13.9 Å². The van der Waals surface area contributed by atoms with Crippen LogP contribution in [0.15, 0.2) is 18.3 Å². The second-order valence-corrected chi connectivity index (χ2v) is 7.76. The van der Waals surface area contributed by atoms with Gasteiger partial charge in [0.25, 0.3) is 0 Å². The summed E-state index contributed by atoms with van der Waals surface area (Å²) < 4.78 is 31.7. The van der Waals surface area contributed by atoms with Gasteiger partial charge in [0.05, 0.1) is 5.69 Å². The van der Waals surface area contributed by atoms with Gasteiger partial charge in [0.2, 0.25) is 0 Å². The third kappa shape index (κ3) is 3.04. The number of rotatable bonds is 5. The van der Waals surface area contributed by atoms with Crippen molar-refractivity contribution in [1.29, 1.82) is 0 Å². The van der Waals surface area contributed by atoms with Crippen LogP contribution in [-0.2, 0) is 0 Å². The van der Waals surface area contributed by atoms with E-state index in [-0.39, 0.29) is 17.6 Å². The van der Waals surface area contributed by atoms with Gasteiger partial charge in [-0.1, -0.05) is 6.42 Å². The molecule has 0 spiro atoms. The van der Waals surface area contributed by atoms with Crippen molar-refractivity contribution in [3.63, 3.8) is 0 Å². The van der Waals surface area contributed by atoms with Gasteiger partial charge in [-0.25, -0.2) is 4.98 Å². The fourth-order valence-corrected chi connectivity index (χ4v) is 4.63. The Bertz CT molecular complexity index is 805. The third-order valence-corrected chi connectivity index (χ3v) is 5.77. The van der Waals surface area contributed by atoms with Crippen molar-refractivity contribution in [2.45, 2.75) is 58.1 Å². The van der Waals surface area contributed by atoms with Crippen LogP contribution < -0.4 is 10.5 Å². The van der Waals surface area contributed by atoms with Crippen LogP contribution in [-0.4, -0.2) is 21.4 Å². The van der Waals surface area contributed by atoms with Crippen LogP contribution in [0.25, 0.3) is 11.3 Å². The van der Waals surface area contributed by atoms with E-state index < -0.39 is 6.61 Å². The summed E-state index contributed by atoms with van der Waals surface area (Å²) in [6.45, 7) is 1.28. The summed E-state index contributed by atoms with van der Waals surface area (Å²) in [7, 11) is 0. The van der Waals surface area contributed by atoms with Gasteiger partial charge in [0.15, 0.2) is 11.6 Å². The van der Waals surface area contributed by atoms with Gasteiger partial charge in [0.1, 0.15) is 0 Å². The number of nitrogens with zero attached hydrogens (tertiary/aromatic N) is 3. The predicted molar refractivity (Wildman–Crippen MR) is 95.1 cm³/mol. The molecule has 2 N–H and O–H groups in total. The maximum atomic E-state index is 12.6. The summed E-state index contributed by atoms with van der Waals surface area (Å²) in [6, 6.07) is 3.81. The minimum Gasteiger partial charge on any atom is -0.431 e. The van der Waals surface area contributed by atoms with Gasteiger partial charge >= 0.3 is 6.61 Å². The molecule has 0 saturated heterocycles. The lowest BCUT2D eigenvalue weighted by molar-refractivity contribution is -0.0494. The first-order chi connectivity index (χ1) is 12.4. The van der Waals surface area contributed by atoms with Crippen molar-refractivity contribution in [1.82, 2.24) is 14.8 Å².